The van der Waals surface area contributed by atoms with Gasteiger partial charge in [0.15, 0.2) is 0 Å². The minimum atomic E-state index is -0.394. The summed E-state index contributed by atoms with van der Waals surface area (Å²) in [6.07, 6.45) is 4.76. The van der Waals surface area contributed by atoms with Crippen LogP contribution in [0.15, 0.2) is 0 Å². The molecular weight excluding hydrogens is 214 g/mol. The van der Waals surface area contributed by atoms with Crippen molar-refractivity contribution < 1.29 is 5.11 Å². The Kier molecular flexibility index (Phi) is 4.42. The van der Waals surface area contributed by atoms with Crippen LogP contribution in [0.2, 0.25) is 0 Å². The number of piperazine rings is 1. The lowest BCUT2D eigenvalue weighted by Crippen LogP contribution is -2.50. The maximum atomic E-state index is 9.11. The van der Waals surface area contributed by atoms with Crippen LogP contribution < -0.4 is 5.73 Å². The van der Waals surface area contributed by atoms with Gasteiger partial charge < -0.3 is 15.7 Å². The Morgan fingerprint density at radius 1 is 1.35 bits per heavy atom. The highest BCUT2D eigenvalue weighted by Crippen LogP contribution is 2.21. The number of fused-ring (bicyclic) bond motifs is 1. The first-order valence-corrected chi connectivity index (χ1v) is 6.97. The summed E-state index contributed by atoms with van der Waals surface area (Å²) >= 11 is 0. The molecule has 0 aliphatic carbocycles. The summed E-state index contributed by atoms with van der Waals surface area (Å²) in [5, 5.41) is 9.11. The first-order valence-electron chi connectivity index (χ1n) is 6.97. The van der Waals surface area contributed by atoms with E-state index in [9.17, 15) is 0 Å². The molecule has 2 saturated heterocycles. The molecule has 0 saturated carbocycles. The van der Waals surface area contributed by atoms with Crippen molar-refractivity contribution >= 4 is 0 Å². The molecular formula is C13H27N3O. The number of nitrogens with two attached hydrogens (primary N) is 1. The molecule has 2 atom stereocenters. The highest BCUT2D eigenvalue weighted by Gasteiger charge is 2.30. The van der Waals surface area contributed by atoms with Crippen LogP contribution in [-0.4, -0.2) is 65.8 Å². The number of aliphatic hydroxyl groups is 1. The minimum absolute atomic E-state index is 0.0867. The molecule has 0 aromatic rings. The Hall–Kier alpha value is -0.160. The van der Waals surface area contributed by atoms with Gasteiger partial charge in [-0.25, -0.2) is 0 Å². The smallest absolute Gasteiger partial charge is 0.0608 e. The molecule has 2 aliphatic rings. The van der Waals surface area contributed by atoms with Gasteiger partial charge in [0.25, 0.3) is 0 Å². The largest absolute Gasteiger partial charge is 0.394 e. The van der Waals surface area contributed by atoms with Crippen LogP contribution in [-0.2, 0) is 0 Å². The molecule has 17 heavy (non-hydrogen) atoms. The van der Waals surface area contributed by atoms with Crippen molar-refractivity contribution in [3.63, 3.8) is 0 Å². The third-order valence-corrected chi connectivity index (χ3v) is 4.25. The van der Waals surface area contributed by atoms with E-state index >= 15 is 0 Å². The van der Waals surface area contributed by atoms with Crippen LogP contribution in [0.25, 0.3) is 0 Å². The third-order valence-electron chi connectivity index (χ3n) is 4.25. The third kappa shape index (κ3) is 3.65. The van der Waals surface area contributed by atoms with E-state index in [1.54, 1.807) is 0 Å². The van der Waals surface area contributed by atoms with Crippen LogP contribution in [0.1, 0.15) is 32.6 Å². The molecule has 0 amide bonds. The maximum absolute atomic E-state index is 9.11. The molecule has 0 aromatic carbocycles. The number of aliphatic hydroxyl groups excluding tert-OH is 1. The van der Waals surface area contributed by atoms with Crippen LogP contribution in [0.3, 0.4) is 0 Å². The van der Waals surface area contributed by atoms with E-state index in [0.29, 0.717) is 0 Å². The van der Waals surface area contributed by atoms with Crippen LogP contribution in [0, 0.1) is 0 Å². The van der Waals surface area contributed by atoms with Crippen LogP contribution in [0.4, 0.5) is 0 Å². The number of hydrogen-bond acceptors (Lipinski definition) is 4. The van der Waals surface area contributed by atoms with Gasteiger partial charge in [-0.2, -0.15) is 0 Å². The second-order valence-electron chi connectivity index (χ2n) is 6.05. The monoisotopic (exact) mass is 241 g/mol. The minimum Gasteiger partial charge on any atom is -0.394 e. The maximum Gasteiger partial charge on any atom is 0.0608 e. The Labute approximate surface area is 105 Å². The average Bonchev–Trinajstić information content (AvgIpc) is 2.76. The zero-order valence-corrected chi connectivity index (χ0v) is 11.1. The summed E-state index contributed by atoms with van der Waals surface area (Å²) in [5.41, 5.74) is 5.55. The van der Waals surface area contributed by atoms with Gasteiger partial charge in [-0.15, -0.1) is 0 Å². The first-order chi connectivity index (χ1) is 8.11. The topological polar surface area (TPSA) is 52.7 Å². The molecule has 2 unspecified atom stereocenters. The lowest BCUT2D eigenvalue weighted by molar-refractivity contribution is 0.0997. The van der Waals surface area contributed by atoms with E-state index in [1.807, 2.05) is 6.92 Å². The summed E-state index contributed by atoms with van der Waals surface area (Å²) in [7, 11) is 0. The van der Waals surface area contributed by atoms with E-state index in [4.69, 9.17) is 10.8 Å². The Morgan fingerprint density at radius 3 is 2.94 bits per heavy atom. The van der Waals surface area contributed by atoms with Gasteiger partial charge in [0.2, 0.25) is 0 Å². The summed E-state index contributed by atoms with van der Waals surface area (Å²) in [6.45, 7) is 8.15. The molecule has 4 heteroatoms. The van der Waals surface area contributed by atoms with Gasteiger partial charge in [-0.1, -0.05) is 0 Å². The lowest BCUT2D eigenvalue weighted by Gasteiger charge is -2.37. The molecule has 0 aromatic heterocycles. The van der Waals surface area contributed by atoms with Crippen molar-refractivity contribution in [2.45, 2.75) is 44.2 Å². The molecule has 4 nitrogen and oxygen atoms in total. The molecule has 2 aliphatic heterocycles. The standard InChI is InChI=1S/C13H27N3O/c1-13(14,11-17)5-3-6-15-8-9-16-7-2-4-12(16)10-15/h12,17H,2-11,14H2,1H3. The fourth-order valence-corrected chi connectivity index (χ4v) is 3.04. The van der Waals surface area contributed by atoms with E-state index in [0.717, 1.165) is 25.4 Å². The van der Waals surface area contributed by atoms with Crippen molar-refractivity contribution in [2.75, 3.05) is 39.3 Å². The van der Waals surface area contributed by atoms with Crippen LogP contribution >= 0.6 is 0 Å². The van der Waals surface area contributed by atoms with Gasteiger partial charge in [-0.05, 0) is 45.7 Å². The molecule has 3 N–H and O–H groups in total. The number of hydrogen-bond donors (Lipinski definition) is 2. The molecule has 0 radical (unpaired) electrons. The summed E-state index contributed by atoms with van der Waals surface area (Å²) in [4.78, 5) is 5.21. The van der Waals surface area contributed by atoms with Gasteiger partial charge in [0.1, 0.15) is 0 Å². The Balaban J connectivity index is 1.67. The SMILES string of the molecule is CC(N)(CO)CCCN1CCN2CCCC2C1. The van der Waals surface area contributed by atoms with Crippen molar-refractivity contribution in [2.24, 2.45) is 5.73 Å². The van der Waals surface area contributed by atoms with Crippen LogP contribution in [0.5, 0.6) is 0 Å². The average molecular weight is 241 g/mol. The zero-order chi connectivity index (χ0) is 12.3. The lowest BCUT2D eigenvalue weighted by atomic mass is 9.98. The molecule has 0 bridgehead atoms. The van der Waals surface area contributed by atoms with Gasteiger partial charge >= 0.3 is 0 Å². The highest BCUT2D eigenvalue weighted by molar-refractivity contribution is 4.87. The number of rotatable bonds is 5. The first kappa shape index (κ1) is 13.3. The molecule has 0 spiro atoms. The van der Waals surface area contributed by atoms with Crippen molar-refractivity contribution in [1.29, 1.82) is 0 Å². The van der Waals surface area contributed by atoms with Crippen molar-refractivity contribution in [3.05, 3.63) is 0 Å². The fourth-order valence-electron chi connectivity index (χ4n) is 3.04. The second-order valence-corrected chi connectivity index (χ2v) is 6.05. The summed E-state index contributed by atoms with van der Waals surface area (Å²) in [6, 6.07) is 0.811. The second kappa shape index (κ2) is 5.65. The van der Waals surface area contributed by atoms with Crippen molar-refractivity contribution in [1.82, 2.24) is 9.80 Å². The fraction of sp³-hybridized carbons (Fsp3) is 1.00. The Morgan fingerprint density at radius 2 is 2.18 bits per heavy atom. The number of nitrogens with zero attached hydrogens (tertiary/aromatic N) is 2. The normalized spacial score (nSPS) is 30.2. The zero-order valence-electron chi connectivity index (χ0n) is 11.1. The van der Waals surface area contributed by atoms with E-state index in [-0.39, 0.29) is 6.61 Å². The summed E-state index contributed by atoms with van der Waals surface area (Å²) in [5.74, 6) is 0. The summed E-state index contributed by atoms with van der Waals surface area (Å²) < 4.78 is 0. The van der Waals surface area contributed by atoms with Gasteiger partial charge in [0, 0.05) is 31.2 Å². The molecule has 2 heterocycles. The predicted octanol–water partition coefficient (Wildman–Crippen LogP) is 0.256. The highest BCUT2D eigenvalue weighted by atomic mass is 16.3. The van der Waals surface area contributed by atoms with Gasteiger partial charge in [-0.3, -0.25) is 4.90 Å². The molecule has 100 valence electrons. The Bertz CT molecular complexity index is 245. The quantitative estimate of drug-likeness (QED) is 0.725. The molecule has 2 fully saturated rings. The predicted molar refractivity (Wildman–Crippen MR) is 69.9 cm³/mol. The van der Waals surface area contributed by atoms with Crippen molar-refractivity contribution in [3.8, 4) is 0 Å². The van der Waals surface area contributed by atoms with E-state index in [1.165, 1.54) is 39.0 Å². The molecule has 2 rings (SSSR count). The van der Waals surface area contributed by atoms with E-state index < -0.39 is 5.54 Å². The van der Waals surface area contributed by atoms with Gasteiger partial charge in [0.05, 0.1) is 6.61 Å². The van der Waals surface area contributed by atoms with E-state index in [2.05, 4.69) is 9.80 Å².